The average Bonchev–Trinajstić information content (AvgIpc) is 3.34. The van der Waals surface area contributed by atoms with Crippen LogP contribution in [0.1, 0.15) is 12.8 Å². The summed E-state index contributed by atoms with van der Waals surface area (Å²) < 4.78 is 50.9. The molecule has 1 amide bonds. The number of carbonyl (C=O) groups is 1. The van der Waals surface area contributed by atoms with E-state index in [1.165, 1.54) is 17.2 Å². The zero-order chi connectivity index (χ0) is 31.1. The Balaban J connectivity index is 1.47. The van der Waals surface area contributed by atoms with Gasteiger partial charge in [-0.05, 0) is 24.9 Å². The zero-order valence-electron chi connectivity index (χ0n) is 23.6. The van der Waals surface area contributed by atoms with Crippen LogP contribution in [-0.2, 0) is 0 Å². The van der Waals surface area contributed by atoms with Gasteiger partial charge in [-0.2, -0.15) is 15.2 Å². The number of amides is 1. The highest BCUT2D eigenvalue weighted by atomic mass is 35.5. The van der Waals surface area contributed by atoms with Gasteiger partial charge in [0.1, 0.15) is 35.6 Å². The number of aromatic nitrogens is 3. The molecule has 4 aromatic rings. The first-order chi connectivity index (χ1) is 21.2. The molecule has 10 nitrogen and oxygen atoms in total. The van der Waals surface area contributed by atoms with Crippen LogP contribution < -0.4 is 9.64 Å². The molecule has 4 heterocycles. The molecule has 0 saturated carbocycles. The van der Waals surface area contributed by atoms with Crippen LogP contribution in [-0.4, -0.2) is 94.0 Å². The lowest BCUT2D eigenvalue weighted by molar-refractivity contribution is 0.119. The third-order valence-corrected chi connectivity index (χ3v) is 8.60. The SMILES string of the molecule is CN1C[C@@H](F)C[C@H]1COc1nc(N2CCN(C(=O)O)C(CC#N)C2)c2cnc(-c3cccc4ccc(F)c(Cl)c34)c(F)c2n1. The number of likely N-dealkylation sites (N-methyl/N-ethyl adjacent to an activating group) is 1. The van der Waals surface area contributed by atoms with Crippen LogP contribution in [0, 0.1) is 23.0 Å². The number of hydrogen-bond acceptors (Lipinski definition) is 8. The predicted octanol–water partition coefficient (Wildman–Crippen LogP) is 5.28. The molecule has 2 aliphatic rings. The maximum absolute atomic E-state index is 16.5. The Labute approximate surface area is 255 Å². The summed E-state index contributed by atoms with van der Waals surface area (Å²) in [7, 11) is 1.79. The standard InChI is InChI=1S/C30H27ClF3N7O3/c1-39-13-17(32)11-19(39)15-44-29-37-27-21(28(38-29)40-9-10-41(30(42)43)18(14-40)7-8-35)12-36-26(25(27)34)20-4-2-3-16-5-6-22(33)24(31)23(16)20/h2-6,12,17-19H,7,9-11,13-15H2,1H3,(H,42,43)/t17-,18?,19-/m0/s1. The molecule has 2 saturated heterocycles. The topological polar surface area (TPSA) is 119 Å². The van der Waals surface area contributed by atoms with E-state index in [-0.39, 0.29) is 90.7 Å². The highest BCUT2D eigenvalue weighted by Crippen LogP contribution is 2.38. The van der Waals surface area contributed by atoms with Gasteiger partial charge in [-0.25, -0.2) is 18.0 Å². The average molecular weight is 626 g/mol. The second-order valence-electron chi connectivity index (χ2n) is 11.0. The number of likely N-dealkylation sites (tertiary alicyclic amines) is 1. The van der Waals surface area contributed by atoms with Crippen LogP contribution in [0.15, 0.2) is 36.5 Å². The van der Waals surface area contributed by atoms with Crippen molar-refractivity contribution in [2.45, 2.75) is 31.1 Å². The first-order valence-electron chi connectivity index (χ1n) is 14.0. The molecule has 2 aliphatic heterocycles. The molecule has 2 aromatic heterocycles. The minimum absolute atomic E-state index is 0.0528. The van der Waals surface area contributed by atoms with Crippen molar-refractivity contribution in [3.05, 3.63) is 53.2 Å². The van der Waals surface area contributed by atoms with Gasteiger partial charge in [-0.1, -0.05) is 35.9 Å². The number of nitriles is 1. The van der Waals surface area contributed by atoms with Gasteiger partial charge in [-0.15, -0.1) is 0 Å². The Morgan fingerprint density at radius 3 is 2.73 bits per heavy atom. The summed E-state index contributed by atoms with van der Waals surface area (Å²) in [5.74, 6) is -1.22. The fourth-order valence-corrected chi connectivity index (χ4v) is 6.25. The van der Waals surface area contributed by atoms with Crippen LogP contribution in [0.3, 0.4) is 0 Å². The Bertz CT molecular complexity index is 1810. The normalized spacial score (nSPS) is 20.8. The third kappa shape index (κ3) is 5.39. The molecule has 0 aliphatic carbocycles. The summed E-state index contributed by atoms with van der Waals surface area (Å²) in [6, 6.07) is 8.76. The fraction of sp³-hybridized carbons (Fsp3) is 0.367. The van der Waals surface area contributed by atoms with Gasteiger partial charge >= 0.3 is 12.1 Å². The molecular weight excluding hydrogens is 599 g/mol. The fourth-order valence-electron chi connectivity index (χ4n) is 5.98. The summed E-state index contributed by atoms with van der Waals surface area (Å²) in [5, 5.41) is 19.9. The van der Waals surface area contributed by atoms with Crippen molar-refractivity contribution >= 4 is 45.2 Å². The van der Waals surface area contributed by atoms with Crippen LogP contribution in [0.4, 0.5) is 23.8 Å². The van der Waals surface area contributed by atoms with E-state index in [1.807, 2.05) is 11.0 Å². The van der Waals surface area contributed by atoms with Gasteiger partial charge < -0.3 is 19.6 Å². The number of anilines is 1. The number of halogens is 4. The number of fused-ring (bicyclic) bond motifs is 2. The van der Waals surface area contributed by atoms with E-state index in [4.69, 9.17) is 16.3 Å². The van der Waals surface area contributed by atoms with Crippen molar-refractivity contribution < 1.29 is 27.8 Å². The van der Waals surface area contributed by atoms with E-state index in [1.54, 1.807) is 36.2 Å². The lowest BCUT2D eigenvalue weighted by Gasteiger charge is -2.39. The van der Waals surface area contributed by atoms with E-state index in [0.29, 0.717) is 10.8 Å². The molecule has 44 heavy (non-hydrogen) atoms. The van der Waals surface area contributed by atoms with Gasteiger partial charge in [0.15, 0.2) is 5.82 Å². The quantitative estimate of drug-likeness (QED) is 0.305. The largest absolute Gasteiger partial charge is 0.465 e. The summed E-state index contributed by atoms with van der Waals surface area (Å²) in [6.07, 6.45) is -0.517. The molecule has 1 unspecified atom stereocenters. The lowest BCUT2D eigenvalue weighted by atomic mass is 10.0. The number of pyridine rings is 1. The summed E-state index contributed by atoms with van der Waals surface area (Å²) in [6.45, 7) is 0.730. The first-order valence-corrected chi connectivity index (χ1v) is 14.4. The number of piperazine rings is 1. The molecule has 1 N–H and O–H groups in total. The number of hydrogen-bond donors (Lipinski definition) is 1. The summed E-state index contributed by atoms with van der Waals surface area (Å²) in [4.78, 5) is 29.9. The van der Waals surface area contributed by atoms with E-state index in [9.17, 15) is 23.9 Å². The molecule has 0 bridgehead atoms. The Morgan fingerprint density at radius 2 is 2.00 bits per heavy atom. The van der Waals surface area contributed by atoms with Crippen molar-refractivity contribution in [2.75, 3.05) is 44.7 Å². The number of alkyl halides is 1. The molecule has 3 atom stereocenters. The molecule has 0 radical (unpaired) electrons. The van der Waals surface area contributed by atoms with E-state index >= 15 is 4.39 Å². The van der Waals surface area contributed by atoms with Gasteiger partial charge in [0, 0.05) is 49.4 Å². The Hall–Kier alpha value is -4.41. The van der Waals surface area contributed by atoms with Crippen molar-refractivity contribution in [1.29, 1.82) is 5.26 Å². The molecular formula is C30H27ClF3N7O3. The zero-order valence-corrected chi connectivity index (χ0v) is 24.3. The second-order valence-corrected chi connectivity index (χ2v) is 11.3. The van der Waals surface area contributed by atoms with Crippen LogP contribution >= 0.6 is 11.6 Å². The minimum Gasteiger partial charge on any atom is -0.465 e. The molecule has 14 heteroatoms. The van der Waals surface area contributed by atoms with Crippen molar-refractivity contribution in [3.63, 3.8) is 0 Å². The summed E-state index contributed by atoms with van der Waals surface area (Å²) in [5.41, 5.74) is 0.0278. The van der Waals surface area contributed by atoms with E-state index in [2.05, 4.69) is 15.0 Å². The number of benzene rings is 2. The van der Waals surface area contributed by atoms with Gasteiger partial charge in [0.25, 0.3) is 0 Å². The summed E-state index contributed by atoms with van der Waals surface area (Å²) >= 11 is 6.33. The predicted molar refractivity (Wildman–Crippen MR) is 158 cm³/mol. The smallest absolute Gasteiger partial charge is 0.407 e. The van der Waals surface area contributed by atoms with E-state index < -0.39 is 29.9 Å². The van der Waals surface area contributed by atoms with Crippen LogP contribution in [0.25, 0.3) is 32.9 Å². The number of nitrogens with zero attached hydrogens (tertiary/aromatic N) is 7. The molecule has 2 fully saturated rings. The molecule has 2 aromatic carbocycles. The van der Waals surface area contributed by atoms with Gasteiger partial charge in [0.2, 0.25) is 0 Å². The van der Waals surface area contributed by atoms with Crippen LogP contribution in [0.2, 0.25) is 5.02 Å². The third-order valence-electron chi connectivity index (χ3n) is 8.23. The number of ether oxygens (including phenoxy) is 1. The maximum Gasteiger partial charge on any atom is 0.407 e. The number of rotatable bonds is 6. The van der Waals surface area contributed by atoms with Gasteiger partial charge in [0.05, 0.1) is 28.9 Å². The minimum atomic E-state index is -1.14. The highest BCUT2D eigenvalue weighted by Gasteiger charge is 2.33. The monoisotopic (exact) mass is 625 g/mol. The lowest BCUT2D eigenvalue weighted by Crippen LogP contribution is -2.55. The first kappa shape index (κ1) is 29.7. The maximum atomic E-state index is 16.5. The van der Waals surface area contributed by atoms with Crippen LogP contribution in [0.5, 0.6) is 6.01 Å². The van der Waals surface area contributed by atoms with Crippen molar-refractivity contribution in [3.8, 4) is 23.3 Å². The Morgan fingerprint density at radius 1 is 1.18 bits per heavy atom. The van der Waals surface area contributed by atoms with Crippen molar-refractivity contribution in [2.24, 2.45) is 0 Å². The number of carboxylic acid groups (broad SMARTS) is 1. The molecule has 6 rings (SSSR count). The van der Waals surface area contributed by atoms with Crippen molar-refractivity contribution in [1.82, 2.24) is 24.8 Å². The molecule has 0 spiro atoms. The highest BCUT2D eigenvalue weighted by molar-refractivity contribution is 6.36. The van der Waals surface area contributed by atoms with Gasteiger partial charge in [-0.3, -0.25) is 9.88 Å². The second kappa shape index (κ2) is 11.9. The van der Waals surface area contributed by atoms with E-state index in [0.717, 1.165) is 0 Å². The Kier molecular flexibility index (Phi) is 8.04. The molecule has 228 valence electrons.